The lowest BCUT2D eigenvalue weighted by Gasteiger charge is -2.21. The van der Waals surface area contributed by atoms with Crippen molar-refractivity contribution in [3.8, 4) is 0 Å². The Morgan fingerprint density at radius 1 is 1.79 bits per heavy atom. The number of aromatic amines is 1. The number of nitrogens with one attached hydrogen (secondary N) is 1. The minimum absolute atomic E-state index is 0.0334. The van der Waals surface area contributed by atoms with E-state index in [-0.39, 0.29) is 10.9 Å². The Morgan fingerprint density at radius 2 is 2.43 bits per heavy atom. The molecule has 0 atom stereocenters. The van der Waals surface area contributed by atoms with Crippen molar-refractivity contribution < 1.29 is 5.21 Å². The minimum Gasteiger partial charge on any atom is -0.733 e. The van der Waals surface area contributed by atoms with Gasteiger partial charge in [0.2, 0.25) is 0 Å². The van der Waals surface area contributed by atoms with E-state index in [9.17, 15) is 5.21 Å². The van der Waals surface area contributed by atoms with Gasteiger partial charge in [0.15, 0.2) is 0 Å². The molecule has 0 aliphatic carbocycles. The van der Waals surface area contributed by atoms with Gasteiger partial charge < -0.3 is 21.2 Å². The predicted molar refractivity (Wildman–Crippen MR) is 54.0 cm³/mol. The maximum Gasteiger partial charge on any atom is 0.0670 e. The van der Waals surface area contributed by atoms with Gasteiger partial charge in [0.25, 0.3) is 0 Å². The highest BCUT2D eigenvalue weighted by Gasteiger charge is 1.93. The topological polar surface area (TPSA) is 88.3 Å². The summed E-state index contributed by atoms with van der Waals surface area (Å²) in [6, 6.07) is 1.80. The molecule has 0 aromatic carbocycles. The van der Waals surface area contributed by atoms with Gasteiger partial charge in [-0.15, -0.1) is 0 Å². The molecule has 1 rings (SSSR count). The third-order valence-electron chi connectivity index (χ3n) is 1.76. The highest BCUT2D eigenvalue weighted by Crippen LogP contribution is 1.97. The van der Waals surface area contributed by atoms with Crippen LogP contribution in [0, 0.1) is 12.1 Å². The number of allylic oxidation sites excluding steroid dienone is 1. The van der Waals surface area contributed by atoms with E-state index in [0.717, 1.165) is 11.9 Å². The highest BCUT2D eigenvalue weighted by molar-refractivity contribution is 5.45. The van der Waals surface area contributed by atoms with E-state index in [2.05, 4.69) is 11.6 Å². The van der Waals surface area contributed by atoms with Gasteiger partial charge in [-0.05, 0) is 19.1 Å². The van der Waals surface area contributed by atoms with E-state index in [1.807, 2.05) is 6.92 Å². The summed E-state index contributed by atoms with van der Waals surface area (Å²) in [4.78, 5) is 2.96. The van der Waals surface area contributed by atoms with Crippen LogP contribution in [0.2, 0.25) is 0 Å². The second-order valence-corrected chi connectivity index (χ2v) is 2.90. The van der Waals surface area contributed by atoms with Crippen LogP contribution in [0.1, 0.15) is 5.69 Å². The normalized spacial score (nSPS) is 13.4. The van der Waals surface area contributed by atoms with Crippen LogP contribution in [0.3, 0.4) is 0 Å². The molecule has 0 radical (unpaired) electrons. The van der Waals surface area contributed by atoms with Crippen molar-refractivity contribution in [3.63, 3.8) is 0 Å². The van der Waals surface area contributed by atoms with E-state index in [0.29, 0.717) is 10.6 Å². The average molecular weight is 194 g/mol. The van der Waals surface area contributed by atoms with Crippen molar-refractivity contribution in [1.82, 2.24) is 10.2 Å². The monoisotopic (exact) mass is 194 g/mol. The Morgan fingerprint density at radius 3 is 2.79 bits per heavy atom. The minimum atomic E-state index is -0.290. The van der Waals surface area contributed by atoms with Crippen molar-refractivity contribution in [1.29, 1.82) is 0 Å². The fourth-order valence-electron chi connectivity index (χ4n) is 1.12. The molecule has 0 aliphatic rings. The number of aromatic nitrogens is 1. The Bertz CT molecular complexity index is 445. The van der Waals surface area contributed by atoms with Gasteiger partial charge >= 0.3 is 0 Å². The summed E-state index contributed by atoms with van der Waals surface area (Å²) in [6.07, 6.45) is 2.47. The molecule has 4 N–H and O–H groups in total. The van der Waals surface area contributed by atoms with E-state index < -0.39 is 0 Å². The summed E-state index contributed by atoms with van der Waals surface area (Å²) in [7, 11) is 0. The first-order valence-corrected chi connectivity index (χ1v) is 3.99. The summed E-state index contributed by atoms with van der Waals surface area (Å²) in [5.41, 5.74) is 6.04. The molecule has 0 bridgehead atoms. The van der Waals surface area contributed by atoms with Crippen molar-refractivity contribution in [2.45, 2.75) is 6.92 Å². The first-order valence-electron chi connectivity index (χ1n) is 3.99. The van der Waals surface area contributed by atoms with Crippen LogP contribution >= 0.6 is 0 Å². The van der Waals surface area contributed by atoms with E-state index >= 15 is 0 Å². The van der Waals surface area contributed by atoms with Gasteiger partial charge in [0.05, 0.1) is 5.70 Å². The summed E-state index contributed by atoms with van der Waals surface area (Å²) in [5.74, 6) is 0. The van der Waals surface area contributed by atoms with Crippen molar-refractivity contribution in [2.24, 2.45) is 5.73 Å². The van der Waals surface area contributed by atoms with Crippen LogP contribution in [0.5, 0.6) is 0 Å². The third-order valence-corrected chi connectivity index (χ3v) is 1.76. The molecule has 0 spiro atoms. The molecule has 1 heterocycles. The number of hydrogen-bond donors (Lipinski definition) is 3. The smallest absolute Gasteiger partial charge is 0.0670 e. The molecule has 14 heavy (non-hydrogen) atoms. The largest absolute Gasteiger partial charge is 0.733 e. The zero-order valence-electron chi connectivity index (χ0n) is 7.82. The molecule has 0 amide bonds. The van der Waals surface area contributed by atoms with Crippen LogP contribution in [0.4, 0.5) is 0 Å². The fraction of sp³-hybridized carbons (Fsp3) is 0.111. The lowest BCUT2D eigenvalue weighted by atomic mass is 10.3. The van der Waals surface area contributed by atoms with Crippen molar-refractivity contribution in [3.05, 3.63) is 39.4 Å². The SMILES string of the molecule is C=c1[nH]c(C)c/c1=C/C(=CN)N([O-])O. The average Bonchev–Trinajstić information content (AvgIpc) is 2.40. The zero-order chi connectivity index (χ0) is 10.7. The van der Waals surface area contributed by atoms with Crippen LogP contribution in [0.15, 0.2) is 18.0 Å². The molecule has 0 fully saturated rings. The molecular formula is C9H12N3O2-. The zero-order valence-corrected chi connectivity index (χ0v) is 7.82. The maximum atomic E-state index is 10.6. The fourth-order valence-corrected chi connectivity index (χ4v) is 1.12. The van der Waals surface area contributed by atoms with E-state index in [4.69, 9.17) is 10.9 Å². The van der Waals surface area contributed by atoms with Crippen LogP contribution in [-0.2, 0) is 0 Å². The number of hydroxylamine groups is 2. The molecule has 1 aromatic rings. The molecule has 5 nitrogen and oxygen atoms in total. The van der Waals surface area contributed by atoms with Crippen molar-refractivity contribution in [2.75, 3.05) is 0 Å². The first-order chi connectivity index (χ1) is 6.54. The third kappa shape index (κ3) is 2.15. The van der Waals surface area contributed by atoms with Crippen LogP contribution in [-0.4, -0.2) is 15.4 Å². The number of hydrogen-bond acceptors (Lipinski definition) is 4. The summed E-state index contributed by atoms with van der Waals surface area (Å²) in [5, 5.41) is 20.3. The van der Waals surface area contributed by atoms with E-state index in [1.54, 1.807) is 6.07 Å². The molecule has 0 unspecified atom stereocenters. The number of nitrogens with zero attached hydrogens (tertiary/aromatic N) is 1. The van der Waals surface area contributed by atoms with Gasteiger partial charge in [-0.1, -0.05) is 6.58 Å². The van der Waals surface area contributed by atoms with Gasteiger partial charge in [-0.25, -0.2) is 0 Å². The second-order valence-electron chi connectivity index (χ2n) is 2.90. The molecule has 1 aromatic heterocycles. The first kappa shape index (κ1) is 10.4. The summed E-state index contributed by atoms with van der Waals surface area (Å²) >= 11 is 0. The Kier molecular flexibility index (Phi) is 2.95. The number of H-pyrrole nitrogens is 1. The summed E-state index contributed by atoms with van der Waals surface area (Å²) in [6.45, 7) is 5.60. The highest BCUT2D eigenvalue weighted by atomic mass is 16.8. The van der Waals surface area contributed by atoms with Crippen molar-refractivity contribution >= 4 is 12.7 Å². The molecule has 76 valence electrons. The number of aryl methyl sites for hydroxylation is 1. The predicted octanol–water partition coefficient (Wildman–Crippen LogP) is -0.497. The standard InChI is InChI=1S/C9H12N3O2/c1-6-3-8(7(2)11-6)4-9(5-10)12(13)14/h3-5,11,13H,2,10H2,1H3/q-1/b8-4-,9-5?. The second kappa shape index (κ2) is 3.99. The molecule has 0 aliphatic heterocycles. The lowest BCUT2D eigenvalue weighted by molar-refractivity contribution is 0.00295. The quantitative estimate of drug-likeness (QED) is 0.554. The van der Waals surface area contributed by atoms with Gasteiger partial charge in [0, 0.05) is 22.5 Å². The Hall–Kier alpha value is -1.72. The van der Waals surface area contributed by atoms with Gasteiger partial charge in [-0.2, -0.15) is 0 Å². The molecule has 0 saturated heterocycles. The number of rotatable bonds is 2. The Balaban J connectivity index is 3.22. The summed E-state index contributed by atoms with van der Waals surface area (Å²) < 4.78 is 0. The maximum absolute atomic E-state index is 10.6. The van der Waals surface area contributed by atoms with Gasteiger partial charge in [0.1, 0.15) is 0 Å². The van der Waals surface area contributed by atoms with Crippen LogP contribution < -0.4 is 16.3 Å². The Labute approximate surface area is 81.0 Å². The molecular weight excluding hydrogens is 182 g/mol. The van der Waals surface area contributed by atoms with Gasteiger partial charge in [-0.3, -0.25) is 5.21 Å². The molecule has 0 saturated carbocycles. The van der Waals surface area contributed by atoms with Crippen LogP contribution in [0.25, 0.3) is 12.7 Å². The number of nitrogens with two attached hydrogens (primary N) is 1. The van der Waals surface area contributed by atoms with E-state index in [1.165, 1.54) is 6.08 Å². The molecule has 5 heteroatoms. The lowest BCUT2D eigenvalue weighted by Crippen LogP contribution is -2.22.